The van der Waals surface area contributed by atoms with Gasteiger partial charge in [0, 0.05) is 37.3 Å². The Balaban J connectivity index is 1.39. The predicted octanol–water partition coefficient (Wildman–Crippen LogP) is 1.85. The van der Waals surface area contributed by atoms with Crippen LogP contribution in [0.4, 0.5) is 0 Å². The van der Waals surface area contributed by atoms with Crippen LogP contribution in [0.3, 0.4) is 0 Å². The third kappa shape index (κ3) is 3.32. The highest BCUT2D eigenvalue weighted by Gasteiger charge is 2.32. The fourth-order valence-corrected chi connectivity index (χ4v) is 3.17. The fourth-order valence-electron chi connectivity index (χ4n) is 3.17. The number of H-pyrrole nitrogens is 1. The van der Waals surface area contributed by atoms with Crippen LogP contribution in [0.2, 0.25) is 0 Å². The highest BCUT2D eigenvalue weighted by atomic mass is 16.5. The molecular formula is C17H19N7O2. The van der Waals surface area contributed by atoms with E-state index in [-0.39, 0.29) is 11.9 Å². The first-order valence-electron chi connectivity index (χ1n) is 8.62. The van der Waals surface area contributed by atoms with Crippen molar-refractivity contribution in [2.75, 3.05) is 6.54 Å². The van der Waals surface area contributed by atoms with Gasteiger partial charge in [0.25, 0.3) is 0 Å². The van der Waals surface area contributed by atoms with E-state index in [0.717, 1.165) is 30.8 Å². The summed E-state index contributed by atoms with van der Waals surface area (Å²) in [5.41, 5.74) is 0.834. The van der Waals surface area contributed by atoms with E-state index < -0.39 is 0 Å². The minimum Gasteiger partial charge on any atom is -0.339 e. The summed E-state index contributed by atoms with van der Waals surface area (Å²) < 4.78 is 5.26. The van der Waals surface area contributed by atoms with Crippen LogP contribution in [0.1, 0.15) is 42.8 Å². The lowest BCUT2D eigenvalue weighted by Gasteiger charge is -2.22. The van der Waals surface area contributed by atoms with Crippen molar-refractivity contribution in [2.45, 2.75) is 38.6 Å². The smallest absolute Gasteiger partial charge is 0.227 e. The zero-order valence-electron chi connectivity index (χ0n) is 14.4. The van der Waals surface area contributed by atoms with Crippen molar-refractivity contribution in [1.29, 1.82) is 0 Å². The molecule has 0 spiro atoms. The zero-order chi connectivity index (χ0) is 17.9. The number of hydrogen-bond acceptors (Lipinski definition) is 7. The largest absolute Gasteiger partial charge is 0.339 e. The molecule has 9 nitrogen and oxygen atoms in total. The number of hydrogen-bond donors (Lipinski definition) is 1. The first kappa shape index (κ1) is 16.4. The number of aromatic amines is 1. The lowest BCUT2D eigenvalue weighted by Crippen LogP contribution is -2.31. The number of carbonyl (C=O) groups is 1. The van der Waals surface area contributed by atoms with Crippen LogP contribution in [0.15, 0.2) is 29.0 Å². The second kappa shape index (κ2) is 7.03. The average Bonchev–Trinajstić information content (AvgIpc) is 3.40. The molecule has 3 aromatic rings. The third-order valence-electron chi connectivity index (χ3n) is 4.45. The van der Waals surface area contributed by atoms with Gasteiger partial charge in [0.05, 0.1) is 6.04 Å². The molecule has 0 bridgehead atoms. The molecule has 0 aliphatic carbocycles. The number of nitrogens with zero attached hydrogens (tertiary/aromatic N) is 6. The first-order valence-corrected chi connectivity index (χ1v) is 8.62. The highest BCUT2D eigenvalue weighted by Crippen LogP contribution is 2.30. The molecule has 0 unspecified atom stereocenters. The molecule has 3 aromatic heterocycles. The Morgan fingerprint density at radius 1 is 1.35 bits per heavy atom. The molecule has 9 heteroatoms. The Morgan fingerprint density at radius 2 is 2.19 bits per heavy atom. The average molecular weight is 353 g/mol. The molecular weight excluding hydrogens is 334 g/mol. The van der Waals surface area contributed by atoms with E-state index >= 15 is 0 Å². The van der Waals surface area contributed by atoms with Crippen LogP contribution in [0, 0.1) is 6.92 Å². The molecule has 26 heavy (non-hydrogen) atoms. The molecule has 1 fully saturated rings. The summed E-state index contributed by atoms with van der Waals surface area (Å²) in [5, 5.41) is 11.0. The number of amides is 1. The molecule has 1 amide bonds. The van der Waals surface area contributed by atoms with Gasteiger partial charge in [-0.05, 0) is 31.9 Å². The Morgan fingerprint density at radius 3 is 2.96 bits per heavy atom. The van der Waals surface area contributed by atoms with Gasteiger partial charge in [-0.1, -0.05) is 5.16 Å². The van der Waals surface area contributed by atoms with Gasteiger partial charge in [-0.2, -0.15) is 10.1 Å². The van der Waals surface area contributed by atoms with Crippen LogP contribution in [-0.4, -0.2) is 47.7 Å². The van der Waals surface area contributed by atoms with E-state index in [2.05, 4.69) is 30.3 Å². The molecule has 1 atom stereocenters. The Labute approximate surface area is 149 Å². The predicted molar refractivity (Wildman–Crippen MR) is 90.7 cm³/mol. The summed E-state index contributed by atoms with van der Waals surface area (Å²) in [5.74, 6) is 2.46. The topological polar surface area (TPSA) is 114 Å². The van der Waals surface area contributed by atoms with Crippen LogP contribution < -0.4 is 0 Å². The maximum atomic E-state index is 12.6. The van der Waals surface area contributed by atoms with Crippen molar-refractivity contribution < 1.29 is 9.32 Å². The lowest BCUT2D eigenvalue weighted by molar-refractivity contribution is -0.132. The van der Waals surface area contributed by atoms with Crippen molar-refractivity contribution in [2.24, 2.45) is 0 Å². The molecule has 4 heterocycles. The van der Waals surface area contributed by atoms with Crippen LogP contribution in [0.5, 0.6) is 0 Å². The van der Waals surface area contributed by atoms with E-state index in [1.165, 1.54) is 0 Å². The van der Waals surface area contributed by atoms with Crippen LogP contribution in [-0.2, 0) is 11.2 Å². The summed E-state index contributed by atoms with van der Waals surface area (Å²) >= 11 is 0. The molecule has 134 valence electrons. The number of rotatable bonds is 5. The summed E-state index contributed by atoms with van der Waals surface area (Å²) in [6.45, 7) is 2.58. The second-order valence-electron chi connectivity index (χ2n) is 6.27. The quantitative estimate of drug-likeness (QED) is 0.744. The van der Waals surface area contributed by atoms with Crippen molar-refractivity contribution in [3.63, 3.8) is 0 Å². The Kier molecular flexibility index (Phi) is 4.42. The van der Waals surface area contributed by atoms with E-state index in [9.17, 15) is 4.79 Å². The van der Waals surface area contributed by atoms with Gasteiger partial charge in [0.15, 0.2) is 5.82 Å². The van der Waals surface area contributed by atoms with Gasteiger partial charge < -0.3 is 9.42 Å². The van der Waals surface area contributed by atoms with E-state index in [4.69, 9.17) is 4.52 Å². The van der Waals surface area contributed by atoms with Crippen molar-refractivity contribution in [1.82, 2.24) is 35.2 Å². The Hall–Kier alpha value is -3.10. The Bertz CT molecular complexity index is 889. The van der Waals surface area contributed by atoms with Crippen LogP contribution >= 0.6 is 0 Å². The van der Waals surface area contributed by atoms with E-state index in [0.29, 0.717) is 30.4 Å². The first-order chi connectivity index (χ1) is 12.7. The van der Waals surface area contributed by atoms with Gasteiger partial charge in [-0.3, -0.25) is 14.9 Å². The molecule has 1 saturated heterocycles. The zero-order valence-corrected chi connectivity index (χ0v) is 14.4. The molecule has 0 aromatic carbocycles. The number of pyridine rings is 1. The van der Waals surface area contributed by atoms with Gasteiger partial charge in [0.2, 0.25) is 17.6 Å². The van der Waals surface area contributed by atoms with Crippen molar-refractivity contribution in [3.8, 4) is 11.4 Å². The van der Waals surface area contributed by atoms with Gasteiger partial charge in [-0.25, -0.2) is 4.98 Å². The summed E-state index contributed by atoms with van der Waals surface area (Å²) in [4.78, 5) is 27.2. The summed E-state index contributed by atoms with van der Waals surface area (Å²) in [6, 6.07) is 3.57. The standard InChI is InChI=1S/C17H19N7O2/c1-11-19-17(22-21-11)13-3-2-10-24(13)15(25)5-4-14-20-16(23-26-14)12-6-8-18-9-7-12/h6-9,13H,2-5,10H2,1H3,(H,19,21,22)/t13-/m0/s1. The molecule has 1 N–H and O–H groups in total. The second-order valence-corrected chi connectivity index (χ2v) is 6.27. The maximum absolute atomic E-state index is 12.6. The molecule has 0 saturated carbocycles. The molecule has 4 rings (SSSR count). The third-order valence-corrected chi connectivity index (χ3v) is 4.45. The van der Waals surface area contributed by atoms with E-state index in [1.54, 1.807) is 12.4 Å². The monoisotopic (exact) mass is 353 g/mol. The lowest BCUT2D eigenvalue weighted by atomic mass is 10.2. The summed E-state index contributed by atoms with van der Waals surface area (Å²) in [7, 11) is 0. The minimum atomic E-state index is -0.0532. The van der Waals surface area contributed by atoms with E-state index in [1.807, 2.05) is 24.0 Å². The van der Waals surface area contributed by atoms with Crippen molar-refractivity contribution in [3.05, 3.63) is 42.1 Å². The van der Waals surface area contributed by atoms with Gasteiger partial charge in [-0.15, -0.1) is 0 Å². The number of nitrogens with one attached hydrogen (secondary N) is 1. The normalized spacial score (nSPS) is 17.0. The van der Waals surface area contributed by atoms with Gasteiger partial charge >= 0.3 is 0 Å². The number of aryl methyl sites for hydroxylation is 2. The van der Waals surface area contributed by atoms with Gasteiger partial charge in [0.1, 0.15) is 5.82 Å². The molecule has 1 aliphatic heterocycles. The highest BCUT2D eigenvalue weighted by molar-refractivity contribution is 5.77. The molecule has 0 radical (unpaired) electrons. The SMILES string of the molecule is Cc1nc([C@@H]2CCCN2C(=O)CCc2nc(-c3ccncc3)no2)n[nH]1. The fraction of sp³-hybridized carbons (Fsp3) is 0.412. The minimum absolute atomic E-state index is 0.0532. The number of likely N-dealkylation sites (tertiary alicyclic amines) is 1. The maximum Gasteiger partial charge on any atom is 0.227 e. The van der Waals surface area contributed by atoms with Crippen LogP contribution in [0.25, 0.3) is 11.4 Å². The number of carbonyl (C=O) groups excluding carboxylic acids is 1. The number of aromatic nitrogens is 6. The summed E-state index contributed by atoms with van der Waals surface area (Å²) in [6.07, 6.45) is 5.91. The van der Waals surface area contributed by atoms with Crippen molar-refractivity contribution >= 4 is 5.91 Å². The molecule has 1 aliphatic rings.